The molecule has 6 heteroatoms. The van der Waals surface area contributed by atoms with E-state index in [0.717, 1.165) is 24.3 Å². The molecule has 0 amide bonds. The number of nitrogens with two attached hydrogens (primary N) is 1. The van der Waals surface area contributed by atoms with Crippen LogP contribution in [0, 0.1) is 0 Å². The highest BCUT2D eigenvalue weighted by Crippen LogP contribution is 2.31. The summed E-state index contributed by atoms with van der Waals surface area (Å²) in [5.41, 5.74) is 4.01. The maximum Gasteiger partial charge on any atom is 0.197 e. The molecule has 96 valence electrons. The van der Waals surface area contributed by atoms with E-state index in [1.165, 1.54) is 23.3 Å². The molecule has 1 aliphatic carbocycles. The Labute approximate surface area is 114 Å². The van der Waals surface area contributed by atoms with Gasteiger partial charge >= 0.3 is 0 Å². The van der Waals surface area contributed by atoms with Gasteiger partial charge in [0.25, 0.3) is 0 Å². The van der Waals surface area contributed by atoms with E-state index in [2.05, 4.69) is 32.1 Å². The molecule has 3 N–H and O–H groups in total. The summed E-state index contributed by atoms with van der Waals surface area (Å²) in [5, 5.41) is 5.16. The van der Waals surface area contributed by atoms with Gasteiger partial charge in [-0.25, -0.2) is 10.8 Å². The van der Waals surface area contributed by atoms with E-state index in [4.69, 9.17) is 5.84 Å². The molecule has 0 spiro atoms. The first-order chi connectivity index (χ1) is 8.85. The number of hydrogen-bond acceptors (Lipinski definition) is 6. The number of nitrogens with one attached hydrogen (secondary N) is 1. The Bertz CT molecular complexity index is 490. The molecule has 2 aromatic rings. The SMILES string of the molecule is NNc1ncc(CN(Cc2ccsc2)C2CC2)s1. The van der Waals surface area contributed by atoms with Gasteiger partial charge in [0.2, 0.25) is 0 Å². The summed E-state index contributed by atoms with van der Waals surface area (Å²) in [7, 11) is 0. The van der Waals surface area contributed by atoms with E-state index < -0.39 is 0 Å². The van der Waals surface area contributed by atoms with Crippen LogP contribution in [0.2, 0.25) is 0 Å². The highest BCUT2D eigenvalue weighted by molar-refractivity contribution is 7.15. The lowest BCUT2D eigenvalue weighted by Crippen LogP contribution is -2.24. The molecule has 0 aromatic carbocycles. The van der Waals surface area contributed by atoms with Gasteiger partial charge in [0, 0.05) is 30.2 Å². The quantitative estimate of drug-likeness (QED) is 0.631. The Kier molecular flexibility index (Phi) is 3.60. The van der Waals surface area contributed by atoms with Crippen molar-refractivity contribution in [2.24, 2.45) is 5.84 Å². The minimum absolute atomic E-state index is 0.751. The molecule has 2 heterocycles. The van der Waals surface area contributed by atoms with Gasteiger partial charge < -0.3 is 0 Å². The minimum atomic E-state index is 0.751. The molecular formula is C12H16N4S2. The van der Waals surface area contributed by atoms with Crippen LogP contribution in [0.1, 0.15) is 23.3 Å². The zero-order chi connectivity index (χ0) is 12.4. The number of rotatable bonds is 6. The predicted molar refractivity (Wildman–Crippen MR) is 76.5 cm³/mol. The van der Waals surface area contributed by atoms with E-state index in [1.54, 1.807) is 22.7 Å². The molecule has 0 bridgehead atoms. The molecule has 1 saturated carbocycles. The van der Waals surface area contributed by atoms with E-state index in [0.29, 0.717) is 0 Å². The molecule has 0 atom stereocenters. The molecule has 18 heavy (non-hydrogen) atoms. The van der Waals surface area contributed by atoms with Crippen LogP contribution in [0.4, 0.5) is 5.13 Å². The van der Waals surface area contributed by atoms with Gasteiger partial charge in [-0.2, -0.15) is 11.3 Å². The number of nitrogen functional groups attached to an aromatic ring is 1. The van der Waals surface area contributed by atoms with Crippen molar-refractivity contribution < 1.29 is 0 Å². The smallest absolute Gasteiger partial charge is 0.197 e. The Morgan fingerprint density at radius 2 is 2.33 bits per heavy atom. The van der Waals surface area contributed by atoms with Gasteiger partial charge in [-0.05, 0) is 35.2 Å². The van der Waals surface area contributed by atoms with E-state index in [-0.39, 0.29) is 0 Å². The fourth-order valence-corrected chi connectivity index (χ4v) is 3.43. The summed E-state index contributed by atoms with van der Waals surface area (Å²) < 4.78 is 0. The number of anilines is 1. The van der Waals surface area contributed by atoms with E-state index in [1.807, 2.05) is 6.20 Å². The highest BCUT2D eigenvalue weighted by atomic mass is 32.1. The van der Waals surface area contributed by atoms with Crippen LogP contribution in [-0.2, 0) is 13.1 Å². The first-order valence-electron chi connectivity index (χ1n) is 6.01. The van der Waals surface area contributed by atoms with Crippen LogP contribution in [0.5, 0.6) is 0 Å². The molecule has 0 unspecified atom stereocenters. The molecule has 1 aliphatic rings. The summed E-state index contributed by atoms with van der Waals surface area (Å²) in [6.45, 7) is 2.01. The van der Waals surface area contributed by atoms with Crippen molar-refractivity contribution in [1.29, 1.82) is 0 Å². The fraction of sp³-hybridized carbons (Fsp3) is 0.417. The van der Waals surface area contributed by atoms with Crippen LogP contribution < -0.4 is 11.3 Å². The van der Waals surface area contributed by atoms with Crippen LogP contribution >= 0.6 is 22.7 Å². The standard InChI is InChI=1S/C12H16N4S2/c13-15-12-14-5-11(18-12)7-16(10-1-2-10)6-9-3-4-17-8-9/h3-5,8,10H,1-2,6-7,13H2,(H,14,15). The minimum Gasteiger partial charge on any atom is -0.300 e. The van der Waals surface area contributed by atoms with Crippen molar-refractivity contribution in [3.05, 3.63) is 33.5 Å². The zero-order valence-corrected chi connectivity index (χ0v) is 11.6. The normalized spacial score (nSPS) is 15.2. The van der Waals surface area contributed by atoms with Crippen molar-refractivity contribution >= 4 is 27.8 Å². The number of thiophene rings is 1. The first kappa shape index (κ1) is 12.1. The lowest BCUT2D eigenvalue weighted by molar-refractivity contribution is 0.248. The van der Waals surface area contributed by atoms with Crippen molar-refractivity contribution in [3.8, 4) is 0 Å². The van der Waals surface area contributed by atoms with Crippen LogP contribution in [0.3, 0.4) is 0 Å². The lowest BCUT2D eigenvalue weighted by atomic mass is 10.3. The summed E-state index contributed by atoms with van der Waals surface area (Å²) in [6.07, 6.45) is 4.57. The summed E-state index contributed by atoms with van der Waals surface area (Å²) in [5.74, 6) is 5.36. The molecule has 1 fully saturated rings. The van der Waals surface area contributed by atoms with Gasteiger partial charge in [0.05, 0.1) is 0 Å². The second-order valence-electron chi connectivity index (χ2n) is 4.54. The first-order valence-corrected chi connectivity index (χ1v) is 7.77. The van der Waals surface area contributed by atoms with Crippen LogP contribution in [-0.4, -0.2) is 15.9 Å². The van der Waals surface area contributed by atoms with Crippen LogP contribution in [0.15, 0.2) is 23.0 Å². The van der Waals surface area contributed by atoms with Crippen molar-refractivity contribution in [1.82, 2.24) is 9.88 Å². The van der Waals surface area contributed by atoms with Crippen molar-refractivity contribution in [2.45, 2.75) is 32.0 Å². The van der Waals surface area contributed by atoms with Gasteiger partial charge in [-0.1, -0.05) is 11.3 Å². The van der Waals surface area contributed by atoms with Gasteiger partial charge in [0.1, 0.15) is 0 Å². The molecule has 4 nitrogen and oxygen atoms in total. The second-order valence-corrected chi connectivity index (χ2v) is 6.44. The number of hydrazine groups is 1. The number of hydrogen-bond donors (Lipinski definition) is 2. The Morgan fingerprint density at radius 3 is 2.94 bits per heavy atom. The average Bonchev–Trinajstić information content (AvgIpc) is 2.92. The number of aromatic nitrogens is 1. The van der Waals surface area contributed by atoms with E-state index in [9.17, 15) is 0 Å². The van der Waals surface area contributed by atoms with Gasteiger partial charge in [0.15, 0.2) is 5.13 Å². The van der Waals surface area contributed by atoms with Gasteiger partial charge in [-0.3, -0.25) is 10.3 Å². The lowest BCUT2D eigenvalue weighted by Gasteiger charge is -2.20. The third-order valence-corrected chi connectivity index (χ3v) is 4.71. The fourth-order valence-electron chi connectivity index (χ4n) is 2.02. The van der Waals surface area contributed by atoms with Gasteiger partial charge in [-0.15, -0.1) is 0 Å². The van der Waals surface area contributed by atoms with Crippen molar-refractivity contribution in [3.63, 3.8) is 0 Å². The Balaban J connectivity index is 1.66. The maximum absolute atomic E-state index is 5.36. The molecule has 3 rings (SSSR count). The average molecular weight is 280 g/mol. The highest BCUT2D eigenvalue weighted by Gasteiger charge is 2.29. The third-order valence-electron chi connectivity index (χ3n) is 3.07. The number of thiazole rings is 1. The summed E-state index contributed by atoms with van der Waals surface area (Å²) in [4.78, 5) is 8.03. The molecule has 0 aliphatic heterocycles. The molecule has 2 aromatic heterocycles. The molecule has 0 saturated heterocycles. The van der Waals surface area contributed by atoms with Crippen molar-refractivity contribution in [2.75, 3.05) is 5.43 Å². The molecular weight excluding hydrogens is 264 g/mol. The second kappa shape index (κ2) is 5.36. The third kappa shape index (κ3) is 2.89. The van der Waals surface area contributed by atoms with Crippen LogP contribution in [0.25, 0.3) is 0 Å². The molecule has 0 radical (unpaired) electrons. The summed E-state index contributed by atoms with van der Waals surface area (Å²) in [6, 6.07) is 2.96. The maximum atomic E-state index is 5.36. The number of nitrogens with zero attached hydrogens (tertiary/aromatic N) is 2. The monoisotopic (exact) mass is 280 g/mol. The Morgan fingerprint density at radius 1 is 1.44 bits per heavy atom. The predicted octanol–water partition coefficient (Wildman–Crippen LogP) is 2.65. The van der Waals surface area contributed by atoms with E-state index >= 15 is 0 Å². The topological polar surface area (TPSA) is 54.2 Å². The Hall–Kier alpha value is -0.950. The largest absolute Gasteiger partial charge is 0.300 e. The summed E-state index contributed by atoms with van der Waals surface area (Å²) >= 11 is 3.40. The zero-order valence-electron chi connectivity index (χ0n) is 10.0.